The topological polar surface area (TPSA) is 52.9 Å². The van der Waals surface area contributed by atoms with Gasteiger partial charge in [0.15, 0.2) is 0 Å². The van der Waals surface area contributed by atoms with Crippen molar-refractivity contribution in [1.29, 1.82) is 5.26 Å². The molecule has 4 heteroatoms. The maximum absolute atomic E-state index is 12.1. The Kier molecular flexibility index (Phi) is 4.54. The van der Waals surface area contributed by atoms with Gasteiger partial charge in [0.25, 0.3) is 5.91 Å². The van der Waals surface area contributed by atoms with E-state index in [-0.39, 0.29) is 5.91 Å². The summed E-state index contributed by atoms with van der Waals surface area (Å²) in [7, 11) is 0. The van der Waals surface area contributed by atoms with Crippen LogP contribution in [-0.4, -0.2) is 5.91 Å². The van der Waals surface area contributed by atoms with E-state index >= 15 is 0 Å². The van der Waals surface area contributed by atoms with Crippen molar-refractivity contribution in [3.8, 4) is 6.07 Å². The van der Waals surface area contributed by atoms with Gasteiger partial charge in [-0.2, -0.15) is 5.26 Å². The molecule has 1 amide bonds. The Balaban J connectivity index is 2.28. The molecule has 0 saturated carbocycles. The molecule has 0 atom stereocenters. The summed E-state index contributed by atoms with van der Waals surface area (Å²) in [6, 6.07) is 11.2. The molecule has 0 saturated heterocycles. The molecule has 1 N–H and O–H groups in total. The lowest BCUT2D eigenvalue weighted by Crippen LogP contribution is -2.11. The second-order valence-electron chi connectivity index (χ2n) is 4.54. The Labute approximate surface area is 122 Å². The zero-order valence-corrected chi connectivity index (χ0v) is 12.4. The number of nitrogens with zero attached hydrogens (tertiary/aromatic N) is 1. The van der Waals surface area contributed by atoms with Gasteiger partial charge in [-0.05, 0) is 31.0 Å². The van der Waals surface area contributed by atoms with Crippen molar-refractivity contribution in [3.63, 3.8) is 0 Å². The predicted molar refractivity (Wildman–Crippen MR) is 82.2 cm³/mol. The van der Waals surface area contributed by atoms with Crippen LogP contribution in [0.5, 0.6) is 0 Å². The van der Waals surface area contributed by atoms with Crippen molar-refractivity contribution in [2.45, 2.75) is 26.7 Å². The summed E-state index contributed by atoms with van der Waals surface area (Å²) in [5.74, 6) is -0.175. The van der Waals surface area contributed by atoms with Crippen molar-refractivity contribution in [2.24, 2.45) is 0 Å². The fraction of sp³-hybridized carbons (Fsp3) is 0.250. The molecule has 0 aliphatic heterocycles. The number of nitriles is 1. The summed E-state index contributed by atoms with van der Waals surface area (Å²) in [5, 5.41) is 12.8. The van der Waals surface area contributed by atoms with E-state index in [1.165, 1.54) is 16.2 Å². The second kappa shape index (κ2) is 6.36. The highest BCUT2D eigenvalue weighted by atomic mass is 32.1. The van der Waals surface area contributed by atoms with Gasteiger partial charge in [-0.25, -0.2) is 0 Å². The van der Waals surface area contributed by atoms with Crippen molar-refractivity contribution in [1.82, 2.24) is 0 Å². The van der Waals surface area contributed by atoms with Crippen molar-refractivity contribution < 1.29 is 4.79 Å². The molecular weight excluding hydrogens is 268 g/mol. The number of thiophene rings is 1. The summed E-state index contributed by atoms with van der Waals surface area (Å²) < 4.78 is 0. The van der Waals surface area contributed by atoms with Gasteiger partial charge in [-0.15, -0.1) is 11.3 Å². The van der Waals surface area contributed by atoms with Gasteiger partial charge in [0.05, 0.1) is 5.56 Å². The number of aryl methyl sites for hydroxylation is 1. The number of carbonyl (C=O) groups excluding carboxylic acids is 1. The minimum atomic E-state index is -0.175. The van der Waals surface area contributed by atoms with Gasteiger partial charge in [-0.1, -0.05) is 31.5 Å². The van der Waals surface area contributed by atoms with Crippen molar-refractivity contribution in [3.05, 3.63) is 51.9 Å². The van der Waals surface area contributed by atoms with Gasteiger partial charge in [-0.3, -0.25) is 4.79 Å². The van der Waals surface area contributed by atoms with Crippen LogP contribution >= 0.6 is 11.3 Å². The molecule has 0 bridgehead atoms. The zero-order chi connectivity index (χ0) is 14.5. The maximum atomic E-state index is 12.1. The lowest BCUT2D eigenvalue weighted by molar-refractivity contribution is 0.102. The number of anilines is 1. The maximum Gasteiger partial charge on any atom is 0.256 e. The van der Waals surface area contributed by atoms with E-state index in [0.29, 0.717) is 16.1 Å². The lowest BCUT2D eigenvalue weighted by Gasteiger charge is -2.02. The molecule has 0 fully saturated rings. The largest absolute Gasteiger partial charge is 0.312 e. The number of nitrogens with one attached hydrogen (secondary N) is 1. The normalized spacial score (nSPS) is 10.1. The number of hydrogen-bond acceptors (Lipinski definition) is 3. The molecule has 2 aromatic rings. The van der Waals surface area contributed by atoms with Crippen LogP contribution < -0.4 is 5.32 Å². The van der Waals surface area contributed by atoms with Crippen LogP contribution in [0, 0.1) is 18.3 Å². The standard InChI is InChI=1S/C16H16N2OS/c1-3-7-14-11(2)13(10-17)16(20-14)18-15(19)12-8-5-4-6-9-12/h4-6,8-9H,3,7H2,1-2H3,(H,18,19). The van der Waals surface area contributed by atoms with E-state index < -0.39 is 0 Å². The molecule has 1 heterocycles. The third-order valence-corrected chi connectivity index (χ3v) is 4.36. The van der Waals surface area contributed by atoms with E-state index in [4.69, 9.17) is 0 Å². The summed E-state index contributed by atoms with van der Waals surface area (Å²) >= 11 is 1.50. The van der Waals surface area contributed by atoms with E-state index in [0.717, 1.165) is 18.4 Å². The van der Waals surface area contributed by atoms with E-state index in [2.05, 4.69) is 18.3 Å². The number of benzene rings is 1. The molecule has 2 rings (SSSR count). The monoisotopic (exact) mass is 284 g/mol. The van der Waals surface area contributed by atoms with Crippen LogP contribution in [0.15, 0.2) is 30.3 Å². The summed E-state index contributed by atoms with van der Waals surface area (Å²) in [6.07, 6.45) is 1.96. The molecule has 0 unspecified atom stereocenters. The number of rotatable bonds is 4. The first kappa shape index (κ1) is 14.3. The van der Waals surface area contributed by atoms with Crippen LogP contribution in [-0.2, 0) is 6.42 Å². The van der Waals surface area contributed by atoms with E-state index in [1.54, 1.807) is 12.1 Å². The Hall–Kier alpha value is -2.12. The Morgan fingerprint density at radius 3 is 2.65 bits per heavy atom. The number of hydrogen-bond donors (Lipinski definition) is 1. The highest BCUT2D eigenvalue weighted by Gasteiger charge is 2.16. The average Bonchev–Trinajstić information content (AvgIpc) is 2.76. The Morgan fingerprint density at radius 1 is 1.35 bits per heavy atom. The quantitative estimate of drug-likeness (QED) is 0.917. The SMILES string of the molecule is CCCc1sc(NC(=O)c2ccccc2)c(C#N)c1C. The molecule has 3 nitrogen and oxygen atoms in total. The molecule has 102 valence electrons. The third-order valence-electron chi connectivity index (χ3n) is 3.10. The molecule has 0 aliphatic rings. The van der Waals surface area contributed by atoms with Gasteiger partial charge < -0.3 is 5.32 Å². The predicted octanol–water partition coefficient (Wildman–Crippen LogP) is 4.13. The Bertz CT molecular complexity index is 653. The molecule has 0 aliphatic carbocycles. The average molecular weight is 284 g/mol. The molecule has 0 spiro atoms. The zero-order valence-electron chi connectivity index (χ0n) is 11.6. The van der Waals surface area contributed by atoms with Crippen LogP contribution in [0.25, 0.3) is 0 Å². The first-order valence-corrected chi connectivity index (χ1v) is 7.37. The molecular formula is C16H16N2OS. The van der Waals surface area contributed by atoms with Crippen molar-refractivity contribution in [2.75, 3.05) is 5.32 Å². The lowest BCUT2D eigenvalue weighted by atomic mass is 10.1. The van der Waals surface area contributed by atoms with E-state index in [9.17, 15) is 10.1 Å². The molecule has 0 radical (unpaired) electrons. The van der Waals surface area contributed by atoms with Gasteiger partial charge in [0, 0.05) is 10.4 Å². The second-order valence-corrected chi connectivity index (χ2v) is 5.64. The van der Waals surface area contributed by atoms with Crippen LogP contribution in [0.1, 0.15) is 39.7 Å². The highest BCUT2D eigenvalue weighted by Crippen LogP contribution is 2.33. The fourth-order valence-corrected chi connectivity index (χ4v) is 3.27. The summed E-state index contributed by atoms with van der Waals surface area (Å²) in [6.45, 7) is 4.05. The number of amides is 1. The summed E-state index contributed by atoms with van der Waals surface area (Å²) in [4.78, 5) is 13.3. The first-order chi connectivity index (χ1) is 9.67. The Morgan fingerprint density at radius 2 is 2.05 bits per heavy atom. The van der Waals surface area contributed by atoms with Gasteiger partial charge in [0.2, 0.25) is 0 Å². The van der Waals surface area contributed by atoms with Crippen LogP contribution in [0.2, 0.25) is 0 Å². The summed E-state index contributed by atoms with van der Waals surface area (Å²) in [5.41, 5.74) is 2.17. The first-order valence-electron chi connectivity index (χ1n) is 6.56. The minimum Gasteiger partial charge on any atom is -0.312 e. The number of carbonyl (C=O) groups is 1. The molecule has 1 aromatic carbocycles. The van der Waals surface area contributed by atoms with Crippen LogP contribution in [0.3, 0.4) is 0 Å². The molecule has 1 aromatic heterocycles. The smallest absolute Gasteiger partial charge is 0.256 e. The molecule has 20 heavy (non-hydrogen) atoms. The van der Waals surface area contributed by atoms with Crippen molar-refractivity contribution >= 4 is 22.2 Å². The van der Waals surface area contributed by atoms with Gasteiger partial charge >= 0.3 is 0 Å². The minimum absolute atomic E-state index is 0.175. The fourth-order valence-electron chi connectivity index (χ4n) is 2.01. The highest BCUT2D eigenvalue weighted by molar-refractivity contribution is 7.16. The third kappa shape index (κ3) is 2.89. The van der Waals surface area contributed by atoms with E-state index in [1.807, 2.05) is 25.1 Å². The van der Waals surface area contributed by atoms with Gasteiger partial charge in [0.1, 0.15) is 11.1 Å². The van der Waals surface area contributed by atoms with Crippen LogP contribution in [0.4, 0.5) is 5.00 Å².